The van der Waals surface area contributed by atoms with Crippen molar-refractivity contribution in [1.82, 2.24) is 34.7 Å². The Morgan fingerprint density at radius 3 is 2.63 bits per heavy atom. The van der Waals surface area contributed by atoms with Crippen molar-refractivity contribution in [2.75, 3.05) is 25.1 Å². The Balaban J connectivity index is 1.23. The average molecular weight is 589 g/mol. The maximum Gasteiger partial charge on any atom is 0.410 e. The molecule has 1 aromatic carbocycles. The highest BCUT2D eigenvalue weighted by Gasteiger charge is 2.32. The van der Waals surface area contributed by atoms with Crippen LogP contribution >= 0.6 is 0 Å². The molecule has 5 aromatic rings. The number of hydrogen-bond donors (Lipinski definition) is 0. The van der Waals surface area contributed by atoms with Crippen LogP contribution in [0, 0.1) is 11.6 Å². The van der Waals surface area contributed by atoms with Gasteiger partial charge in [-0.3, -0.25) is 4.98 Å². The molecule has 43 heavy (non-hydrogen) atoms. The van der Waals surface area contributed by atoms with Gasteiger partial charge >= 0.3 is 6.09 Å². The number of likely N-dealkylation sites (tertiary alicyclic amines) is 1. The second kappa shape index (κ2) is 11.0. The lowest BCUT2D eigenvalue weighted by Gasteiger charge is -2.28. The summed E-state index contributed by atoms with van der Waals surface area (Å²) < 4.78 is 40.8. The first-order valence-corrected chi connectivity index (χ1v) is 13.9. The Kier molecular flexibility index (Phi) is 7.24. The van der Waals surface area contributed by atoms with E-state index in [2.05, 4.69) is 25.3 Å². The van der Waals surface area contributed by atoms with Gasteiger partial charge in [-0.05, 0) is 63.9 Å². The van der Waals surface area contributed by atoms with Crippen LogP contribution in [0.3, 0.4) is 0 Å². The third-order valence-electron chi connectivity index (χ3n) is 7.04. The van der Waals surface area contributed by atoms with E-state index in [1.807, 2.05) is 20.8 Å². The number of aromatic nitrogens is 6. The number of carbonyl (C=O) groups excluding carboxylic acids is 1. The lowest BCUT2D eigenvalue weighted by Crippen LogP contribution is -2.42. The van der Waals surface area contributed by atoms with Gasteiger partial charge in [-0.2, -0.15) is 9.61 Å². The summed E-state index contributed by atoms with van der Waals surface area (Å²) in [5, 5.41) is 13.0. The number of ether oxygens (including phenoxy) is 2. The Morgan fingerprint density at radius 1 is 1.07 bits per heavy atom. The van der Waals surface area contributed by atoms with Crippen LogP contribution in [0.25, 0.3) is 27.9 Å². The molecule has 1 aliphatic heterocycles. The van der Waals surface area contributed by atoms with Crippen LogP contribution in [0.15, 0.2) is 54.9 Å². The van der Waals surface area contributed by atoms with E-state index in [1.165, 1.54) is 16.6 Å². The summed E-state index contributed by atoms with van der Waals surface area (Å²) in [5.74, 6) is -0.497. The van der Waals surface area contributed by atoms with Gasteiger partial charge in [0.05, 0.1) is 29.1 Å². The highest BCUT2D eigenvalue weighted by Crippen LogP contribution is 2.31. The van der Waals surface area contributed by atoms with Gasteiger partial charge in [0.25, 0.3) is 5.95 Å². The quantitative estimate of drug-likeness (QED) is 0.252. The first kappa shape index (κ1) is 28.2. The molecule has 0 radical (unpaired) electrons. The molecule has 1 aliphatic rings. The van der Waals surface area contributed by atoms with Crippen molar-refractivity contribution in [3.63, 3.8) is 0 Å². The molecule has 11 nitrogen and oxygen atoms in total. The minimum Gasteiger partial charge on any atom is -0.490 e. The molecule has 0 aliphatic carbocycles. The number of halogens is 2. The van der Waals surface area contributed by atoms with Crippen molar-refractivity contribution in [3.8, 4) is 17.0 Å². The summed E-state index contributed by atoms with van der Waals surface area (Å²) in [6.07, 6.45) is 4.63. The molecule has 0 saturated carbocycles. The van der Waals surface area contributed by atoms with E-state index in [1.54, 1.807) is 53.5 Å². The predicted molar refractivity (Wildman–Crippen MR) is 155 cm³/mol. The zero-order valence-corrected chi connectivity index (χ0v) is 24.2. The van der Waals surface area contributed by atoms with Gasteiger partial charge in [0.1, 0.15) is 35.1 Å². The minimum absolute atomic E-state index is 0.0987. The zero-order chi connectivity index (χ0) is 30.3. The molecule has 1 amide bonds. The van der Waals surface area contributed by atoms with E-state index < -0.39 is 17.2 Å². The number of rotatable bonds is 6. The Labute approximate surface area is 246 Å². The molecular formula is C30H30F2N8O3. The van der Waals surface area contributed by atoms with Crippen molar-refractivity contribution in [1.29, 1.82) is 0 Å². The third kappa shape index (κ3) is 5.87. The van der Waals surface area contributed by atoms with E-state index >= 15 is 0 Å². The molecule has 1 fully saturated rings. The van der Waals surface area contributed by atoms with Crippen molar-refractivity contribution in [3.05, 3.63) is 66.5 Å². The van der Waals surface area contributed by atoms with Gasteiger partial charge in [0, 0.05) is 37.5 Å². The lowest BCUT2D eigenvalue weighted by molar-refractivity contribution is 0.0187. The summed E-state index contributed by atoms with van der Waals surface area (Å²) in [7, 11) is 1.79. The summed E-state index contributed by atoms with van der Waals surface area (Å²) in [4.78, 5) is 25.2. The van der Waals surface area contributed by atoms with Crippen LogP contribution in [0.1, 0.15) is 33.6 Å². The molecule has 13 heteroatoms. The van der Waals surface area contributed by atoms with E-state index in [9.17, 15) is 13.6 Å². The molecule has 0 N–H and O–H groups in total. The molecule has 0 unspecified atom stereocenters. The van der Waals surface area contributed by atoms with Crippen LogP contribution in [0.5, 0.6) is 5.75 Å². The number of hydrogen-bond acceptors (Lipinski definition) is 9. The molecule has 4 aromatic heterocycles. The monoisotopic (exact) mass is 588 g/mol. The Bertz CT molecular complexity index is 1800. The van der Waals surface area contributed by atoms with Crippen molar-refractivity contribution < 1.29 is 23.0 Å². The number of fused-ring (bicyclic) bond motifs is 2. The first-order chi connectivity index (χ1) is 20.6. The summed E-state index contributed by atoms with van der Waals surface area (Å²) >= 11 is 0. The first-order valence-electron chi connectivity index (χ1n) is 13.9. The van der Waals surface area contributed by atoms with Gasteiger partial charge in [-0.1, -0.05) is 0 Å². The Morgan fingerprint density at radius 2 is 1.86 bits per heavy atom. The summed E-state index contributed by atoms with van der Waals surface area (Å²) in [5.41, 5.74) is 2.40. The standard InChI is InChI=1S/C30H30F2N8O3/c1-30(2,3)43-29(41)39-11-5-6-21(39)17-42-22-15-24-27(34-16-22)25(9-10-33-24)38(4)28-36-35-26-8-7-23(37-40(26)28)18-12-19(31)14-20(32)13-18/h7-10,12-16,21H,5-6,11,17H2,1-4H3/t21-/m1/s1. The zero-order valence-electron chi connectivity index (χ0n) is 24.2. The lowest BCUT2D eigenvalue weighted by atomic mass is 10.1. The van der Waals surface area contributed by atoms with E-state index in [4.69, 9.17) is 9.47 Å². The number of nitrogens with zero attached hydrogens (tertiary/aromatic N) is 8. The van der Waals surface area contributed by atoms with Crippen LogP contribution < -0.4 is 9.64 Å². The van der Waals surface area contributed by atoms with Crippen LogP contribution in [0.2, 0.25) is 0 Å². The number of pyridine rings is 2. The summed E-state index contributed by atoms with van der Waals surface area (Å²) in [6, 6.07) is 10.0. The highest BCUT2D eigenvalue weighted by atomic mass is 19.1. The molecular weight excluding hydrogens is 558 g/mol. The smallest absolute Gasteiger partial charge is 0.410 e. The van der Waals surface area contributed by atoms with Gasteiger partial charge < -0.3 is 19.3 Å². The molecule has 0 spiro atoms. The van der Waals surface area contributed by atoms with Gasteiger partial charge in [-0.15, -0.1) is 10.2 Å². The fraction of sp³-hybridized carbons (Fsp3) is 0.333. The van der Waals surface area contributed by atoms with Gasteiger partial charge in [0.2, 0.25) is 0 Å². The van der Waals surface area contributed by atoms with Crippen molar-refractivity contribution in [2.45, 2.75) is 45.3 Å². The fourth-order valence-corrected chi connectivity index (χ4v) is 5.06. The number of benzene rings is 1. The van der Waals surface area contributed by atoms with E-state index in [0.29, 0.717) is 52.9 Å². The maximum absolute atomic E-state index is 13.9. The molecule has 222 valence electrons. The average Bonchev–Trinajstić information content (AvgIpc) is 3.61. The van der Waals surface area contributed by atoms with E-state index in [-0.39, 0.29) is 17.7 Å². The van der Waals surface area contributed by atoms with Gasteiger partial charge in [-0.25, -0.2) is 18.6 Å². The second-order valence-corrected chi connectivity index (χ2v) is 11.4. The van der Waals surface area contributed by atoms with Crippen LogP contribution in [-0.2, 0) is 4.74 Å². The maximum atomic E-state index is 13.9. The van der Waals surface area contributed by atoms with Crippen molar-refractivity contribution in [2.24, 2.45) is 0 Å². The molecule has 1 atom stereocenters. The largest absolute Gasteiger partial charge is 0.490 e. The number of amides is 1. The Hall–Kier alpha value is -4.94. The molecule has 6 rings (SSSR count). The molecule has 1 saturated heterocycles. The highest BCUT2D eigenvalue weighted by molar-refractivity contribution is 5.90. The fourth-order valence-electron chi connectivity index (χ4n) is 5.06. The number of anilines is 2. The van der Waals surface area contributed by atoms with Crippen molar-refractivity contribution >= 4 is 34.4 Å². The van der Waals surface area contributed by atoms with Crippen LogP contribution in [0.4, 0.5) is 25.2 Å². The normalized spacial score (nSPS) is 15.3. The molecule has 0 bridgehead atoms. The molecule has 5 heterocycles. The number of carbonyl (C=O) groups is 1. The minimum atomic E-state index is -0.695. The van der Waals surface area contributed by atoms with E-state index in [0.717, 1.165) is 18.9 Å². The second-order valence-electron chi connectivity index (χ2n) is 11.4. The topological polar surface area (TPSA) is 111 Å². The predicted octanol–water partition coefficient (Wildman–Crippen LogP) is 5.56. The van der Waals surface area contributed by atoms with Crippen LogP contribution in [-0.4, -0.2) is 72.6 Å². The summed E-state index contributed by atoms with van der Waals surface area (Å²) in [6.45, 7) is 6.48. The van der Waals surface area contributed by atoms with Gasteiger partial charge in [0.15, 0.2) is 5.65 Å². The third-order valence-corrected chi connectivity index (χ3v) is 7.04. The SMILES string of the molecule is CN(c1ccnc2cc(OC[C@H]3CCCN3C(=O)OC(C)(C)C)cnc12)c1nnc2ccc(-c3cc(F)cc(F)c3)nn12.